The van der Waals surface area contributed by atoms with Gasteiger partial charge in [0.05, 0.1) is 17.8 Å². The van der Waals surface area contributed by atoms with Crippen LogP contribution >= 0.6 is 0 Å². The van der Waals surface area contributed by atoms with Gasteiger partial charge in [-0.1, -0.05) is 25.5 Å². The minimum Gasteiger partial charge on any atom is -0.393 e. The maximum atomic E-state index is 12.3. The summed E-state index contributed by atoms with van der Waals surface area (Å²) < 4.78 is 0. The number of hydrogen-bond acceptors (Lipinski definition) is 4. The fourth-order valence-corrected chi connectivity index (χ4v) is 7.35. The second-order valence-electron chi connectivity index (χ2n) is 9.65. The Morgan fingerprint density at radius 3 is 2.60 bits per heavy atom. The Morgan fingerprint density at radius 2 is 1.92 bits per heavy atom. The lowest BCUT2D eigenvalue weighted by molar-refractivity contribution is -0.253. The molecular weight excluding hydrogens is 316 g/mol. The first-order valence-corrected chi connectivity index (χ1v) is 9.93. The minimum atomic E-state index is -1.02. The molecule has 0 aromatic heterocycles. The maximum Gasteiger partial charge on any atom is 0.133 e. The van der Waals surface area contributed by atoms with Crippen LogP contribution in [0.25, 0.3) is 0 Å². The van der Waals surface area contributed by atoms with Crippen molar-refractivity contribution in [1.29, 1.82) is 0 Å². The van der Waals surface area contributed by atoms with Crippen LogP contribution < -0.4 is 0 Å². The number of carbonyl (C=O) groups is 1. The Kier molecular flexibility index (Phi) is 3.82. The Morgan fingerprint density at radius 1 is 1.20 bits per heavy atom. The number of ketones is 1. The van der Waals surface area contributed by atoms with E-state index in [1.807, 2.05) is 6.92 Å². The molecule has 3 N–H and O–H groups in total. The second kappa shape index (κ2) is 5.40. The summed E-state index contributed by atoms with van der Waals surface area (Å²) in [4.78, 5) is 12.3. The van der Waals surface area contributed by atoms with Crippen LogP contribution in [0.2, 0.25) is 0 Å². The molecule has 0 heterocycles. The maximum absolute atomic E-state index is 12.3. The van der Waals surface area contributed by atoms with E-state index in [9.17, 15) is 20.1 Å². The lowest BCUT2D eigenvalue weighted by atomic mass is 9.42. The van der Waals surface area contributed by atoms with Crippen LogP contribution in [-0.4, -0.2) is 38.9 Å². The van der Waals surface area contributed by atoms with Gasteiger partial charge in [0.25, 0.3) is 0 Å². The van der Waals surface area contributed by atoms with E-state index in [2.05, 4.69) is 13.0 Å². The van der Waals surface area contributed by atoms with Crippen molar-refractivity contribution in [3.05, 3.63) is 11.6 Å². The number of Topliss-reactive ketones (excluding diaryl/α,β-unsaturated/α-hetero) is 1. The number of hydrogen-bond donors (Lipinski definition) is 3. The predicted molar refractivity (Wildman–Crippen MR) is 94.7 cm³/mol. The smallest absolute Gasteiger partial charge is 0.133 e. The van der Waals surface area contributed by atoms with Gasteiger partial charge in [0, 0.05) is 16.7 Å². The molecule has 3 fully saturated rings. The normalized spacial score (nSPS) is 55.0. The molecule has 25 heavy (non-hydrogen) atoms. The fraction of sp³-hybridized carbons (Fsp3) is 0.857. The summed E-state index contributed by atoms with van der Waals surface area (Å²) in [5.41, 5.74) is -0.774. The lowest BCUT2D eigenvalue weighted by Crippen LogP contribution is -2.69. The molecule has 3 saturated carbocycles. The molecule has 140 valence electrons. The van der Waals surface area contributed by atoms with E-state index >= 15 is 0 Å². The third-order valence-electron chi connectivity index (χ3n) is 8.87. The molecule has 0 aromatic carbocycles. The van der Waals surface area contributed by atoms with Crippen LogP contribution in [-0.2, 0) is 4.79 Å². The zero-order valence-electron chi connectivity index (χ0n) is 15.7. The van der Waals surface area contributed by atoms with Gasteiger partial charge in [-0.3, -0.25) is 4.79 Å². The summed E-state index contributed by atoms with van der Waals surface area (Å²) in [7, 11) is 0. The summed E-state index contributed by atoms with van der Waals surface area (Å²) >= 11 is 0. The van der Waals surface area contributed by atoms with Crippen molar-refractivity contribution in [2.45, 2.75) is 83.5 Å². The van der Waals surface area contributed by atoms with Crippen LogP contribution in [0.5, 0.6) is 0 Å². The number of carbonyl (C=O) groups excluding carboxylic acids is 1. The Hall–Kier alpha value is -0.710. The van der Waals surface area contributed by atoms with Gasteiger partial charge in [-0.2, -0.15) is 0 Å². The van der Waals surface area contributed by atoms with Crippen molar-refractivity contribution in [3.63, 3.8) is 0 Å². The molecule has 0 saturated heterocycles. The highest BCUT2D eigenvalue weighted by atomic mass is 16.3. The summed E-state index contributed by atoms with van der Waals surface area (Å²) in [5.74, 6) is 0.400. The molecule has 0 radical (unpaired) electrons. The minimum absolute atomic E-state index is 0.0901. The van der Waals surface area contributed by atoms with Crippen molar-refractivity contribution in [3.8, 4) is 0 Å². The zero-order valence-corrected chi connectivity index (χ0v) is 15.7. The number of rotatable bonds is 1. The molecule has 0 spiro atoms. The molecule has 4 heteroatoms. The molecule has 0 aromatic rings. The summed E-state index contributed by atoms with van der Waals surface area (Å²) in [6.45, 7) is 5.73. The van der Waals surface area contributed by atoms with Crippen molar-refractivity contribution in [2.24, 2.45) is 28.6 Å². The van der Waals surface area contributed by atoms with Crippen LogP contribution in [0.3, 0.4) is 0 Å². The molecule has 4 nitrogen and oxygen atoms in total. The first kappa shape index (κ1) is 17.7. The molecule has 0 bridgehead atoms. The molecule has 4 rings (SSSR count). The molecule has 0 aliphatic heterocycles. The lowest BCUT2D eigenvalue weighted by Gasteiger charge is -2.65. The monoisotopic (exact) mass is 348 g/mol. The van der Waals surface area contributed by atoms with E-state index in [-0.39, 0.29) is 29.1 Å². The number of fused-ring (bicyclic) bond motifs is 5. The van der Waals surface area contributed by atoms with Gasteiger partial charge in [-0.05, 0) is 63.7 Å². The largest absolute Gasteiger partial charge is 0.393 e. The highest BCUT2D eigenvalue weighted by Gasteiger charge is 2.73. The number of aliphatic hydroxyl groups excluding tert-OH is 2. The van der Waals surface area contributed by atoms with E-state index in [1.165, 1.54) is 5.57 Å². The Labute approximate surface area is 150 Å². The standard InChI is InChI=1S/C21H32O4/c1-12(22)16-7-9-21(25)19(2)8-6-13-10-14(23)4-5-15(13)17(19)11-18(24)20(16,21)3/h6,14-18,23-25H,4-5,7-11H2,1-3H3/t14-,15?,16+,17+,18+,19+,20-,21-/m0/s1. The van der Waals surface area contributed by atoms with E-state index < -0.39 is 17.1 Å². The van der Waals surface area contributed by atoms with Gasteiger partial charge in [-0.25, -0.2) is 0 Å². The SMILES string of the molecule is CC(=O)[C@H]1CC[C@@]2(O)[C@]1(C)[C@H](O)C[C@@H]1C3CC[C@H](O)CC3=CC[C@]12C. The molecule has 0 amide bonds. The molecule has 8 atom stereocenters. The van der Waals surface area contributed by atoms with Gasteiger partial charge in [0.2, 0.25) is 0 Å². The van der Waals surface area contributed by atoms with Crippen molar-refractivity contribution >= 4 is 5.78 Å². The second-order valence-corrected chi connectivity index (χ2v) is 9.65. The first-order valence-electron chi connectivity index (χ1n) is 9.93. The summed E-state index contributed by atoms with van der Waals surface area (Å²) in [6.07, 6.45) is 6.51. The van der Waals surface area contributed by atoms with Crippen LogP contribution in [0.1, 0.15) is 65.7 Å². The van der Waals surface area contributed by atoms with Crippen molar-refractivity contribution in [1.82, 2.24) is 0 Å². The highest BCUT2D eigenvalue weighted by Crippen LogP contribution is 2.70. The van der Waals surface area contributed by atoms with Crippen molar-refractivity contribution in [2.75, 3.05) is 0 Å². The molecule has 1 unspecified atom stereocenters. The average molecular weight is 348 g/mol. The third kappa shape index (κ3) is 2.02. The number of aliphatic hydroxyl groups is 3. The molecule has 4 aliphatic rings. The molecular formula is C21H32O4. The molecule has 4 aliphatic carbocycles. The van der Waals surface area contributed by atoms with Crippen LogP contribution in [0, 0.1) is 28.6 Å². The summed E-state index contributed by atoms with van der Waals surface area (Å²) in [5, 5.41) is 33.1. The van der Waals surface area contributed by atoms with E-state index in [1.54, 1.807) is 6.92 Å². The van der Waals surface area contributed by atoms with Crippen LogP contribution in [0.4, 0.5) is 0 Å². The Balaban J connectivity index is 1.79. The highest BCUT2D eigenvalue weighted by molar-refractivity contribution is 5.80. The topological polar surface area (TPSA) is 77.8 Å². The van der Waals surface area contributed by atoms with Crippen LogP contribution in [0.15, 0.2) is 11.6 Å². The quantitative estimate of drug-likeness (QED) is 0.637. The first-order chi connectivity index (χ1) is 11.6. The third-order valence-corrected chi connectivity index (χ3v) is 8.87. The average Bonchev–Trinajstić information content (AvgIpc) is 2.84. The van der Waals surface area contributed by atoms with E-state index in [0.29, 0.717) is 25.2 Å². The van der Waals surface area contributed by atoms with E-state index in [0.717, 1.165) is 25.7 Å². The van der Waals surface area contributed by atoms with Gasteiger partial charge >= 0.3 is 0 Å². The predicted octanol–water partition coefficient (Wildman–Crippen LogP) is 2.60. The summed E-state index contributed by atoms with van der Waals surface area (Å²) in [6, 6.07) is 0. The fourth-order valence-electron chi connectivity index (χ4n) is 7.35. The van der Waals surface area contributed by atoms with Crippen molar-refractivity contribution < 1.29 is 20.1 Å². The van der Waals surface area contributed by atoms with Gasteiger partial charge < -0.3 is 15.3 Å². The number of allylic oxidation sites excluding steroid dienone is 1. The van der Waals surface area contributed by atoms with Gasteiger partial charge in [0.15, 0.2) is 0 Å². The van der Waals surface area contributed by atoms with Gasteiger partial charge in [-0.15, -0.1) is 0 Å². The zero-order chi connectivity index (χ0) is 18.2. The van der Waals surface area contributed by atoms with Gasteiger partial charge in [0.1, 0.15) is 5.78 Å². The Bertz CT molecular complexity index is 627. The van der Waals surface area contributed by atoms with E-state index in [4.69, 9.17) is 0 Å².